The van der Waals surface area contributed by atoms with Gasteiger partial charge in [0.1, 0.15) is 11.9 Å². The van der Waals surface area contributed by atoms with Gasteiger partial charge in [-0.3, -0.25) is 9.78 Å². The first-order chi connectivity index (χ1) is 13.6. The van der Waals surface area contributed by atoms with E-state index in [9.17, 15) is 18.9 Å². The lowest BCUT2D eigenvalue weighted by Gasteiger charge is -2.18. The lowest BCUT2D eigenvalue weighted by molar-refractivity contribution is -0.136. The van der Waals surface area contributed by atoms with Crippen molar-refractivity contribution in [3.05, 3.63) is 47.5 Å². The number of rotatable bonds is 7. The summed E-state index contributed by atoms with van der Waals surface area (Å²) in [5, 5.41) is 10.0. The fourth-order valence-corrected chi connectivity index (χ4v) is 3.32. The molecule has 1 aromatic heterocycles. The van der Waals surface area contributed by atoms with Crippen LogP contribution in [0.15, 0.2) is 30.3 Å². The van der Waals surface area contributed by atoms with Crippen molar-refractivity contribution in [2.24, 2.45) is 0 Å². The second-order valence-corrected chi connectivity index (χ2v) is 8.01. The predicted octanol–water partition coefficient (Wildman–Crippen LogP) is 3.71. The second-order valence-electron chi connectivity index (χ2n) is 6.85. The van der Waals surface area contributed by atoms with Crippen LogP contribution in [0.5, 0.6) is 5.75 Å². The summed E-state index contributed by atoms with van der Waals surface area (Å²) in [6, 6.07) is 7.43. The lowest BCUT2D eigenvalue weighted by Crippen LogP contribution is -2.27. The van der Waals surface area contributed by atoms with Crippen LogP contribution in [0, 0.1) is 25.1 Å². The Morgan fingerprint density at radius 1 is 1.34 bits per heavy atom. The molecule has 3 atom stereocenters. The number of aliphatic hydroxyl groups excluding tert-OH is 1. The molecular formula is C21H22FNO5P+. The average Bonchev–Trinajstić information content (AvgIpc) is 2.63. The number of aliphatic hydroxyl groups is 1. The van der Waals surface area contributed by atoms with Crippen molar-refractivity contribution in [2.75, 3.05) is 0 Å². The van der Waals surface area contributed by atoms with Gasteiger partial charge in [-0.2, -0.15) is 4.89 Å². The molecular weight excluding hydrogens is 396 g/mol. The molecule has 0 aliphatic heterocycles. The normalized spacial score (nSPS) is 13.5. The van der Waals surface area contributed by atoms with Crippen molar-refractivity contribution in [2.45, 2.75) is 44.9 Å². The van der Waals surface area contributed by atoms with Crippen LogP contribution in [0.4, 0.5) is 4.39 Å². The molecule has 3 unspecified atom stereocenters. The quantitative estimate of drug-likeness (QED) is 0.404. The number of terminal acetylenes is 1. The maximum Gasteiger partial charge on any atom is 0.524 e. The molecule has 2 rings (SSSR count). The number of esters is 1. The van der Waals surface area contributed by atoms with Crippen LogP contribution in [0.2, 0.25) is 0 Å². The predicted molar refractivity (Wildman–Crippen MR) is 107 cm³/mol. The number of ether oxygens (including phenoxy) is 1. The topological polar surface area (TPSA) is 96.7 Å². The molecule has 1 aromatic carbocycles. The monoisotopic (exact) mass is 418 g/mol. The molecule has 0 fully saturated rings. The van der Waals surface area contributed by atoms with E-state index in [1.54, 1.807) is 25.1 Å². The van der Waals surface area contributed by atoms with Crippen molar-refractivity contribution < 1.29 is 28.5 Å². The first-order valence-corrected chi connectivity index (χ1v) is 10.2. The van der Waals surface area contributed by atoms with Gasteiger partial charge < -0.3 is 9.84 Å². The number of nitrogens with zero attached hydrogens (tertiary/aromatic N) is 1. The molecule has 1 heterocycles. The summed E-state index contributed by atoms with van der Waals surface area (Å²) in [7, 11) is -2.85. The summed E-state index contributed by atoms with van der Waals surface area (Å²) in [6.45, 7) is 5.56. The van der Waals surface area contributed by atoms with Crippen molar-refractivity contribution >= 4 is 14.0 Å². The summed E-state index contributed by atoms with van der Waals surface area (Å²) < 4.78 is 30.1. The van der Waals surface area contributed by atoms with Crippen molar-refractivity contribution in [3.8, 4) is 29.2 Å². The van der Waals surface area contributed by atoms with Gasteiger partial charge >= 0.3 is 14.0 Å². The Kier molecular flexibility index (Phi) is 7.58. The first kappa shape index (κ1) is 22.6. The average molecular weight is 418 g/mol. The summed E-state index contributed by atoms with van der Waals surface area (Å²) in [5.41, 5.74) is 1.01. The number of pyridine rings is 1. The highest BCUT2D eigenvalue weighted by Crippen LogP contribution is 2.37. The van der Waals surface area contributed by atoms with Crippen LogP contribution in [-0.4, -0.2) is 32.7 Å². The van der Waals surface area contributed by atoms with Crippen LogP contribution in [0.25, 0.3) is 11.1 Å². The van der Waals surface area contributed by atoms with Gasteiger partial charge in [0.25, 0.3) is 5.66 Å². The minimum atomic E-state index is -2.85. The third-order valence-electron chi connectivity index (χ3n) is 4.19. The molecule has 0 aliphatic rings. The minimum absolute atomic E-state index is 0.0906. The molecule has 2 N–H and O–H groups in total. The first-order valence-electron chi connectivity index (χ1n) is 8.91. The molecule has 152 valence electrons. The Labute approximate surface area is 169 Å². The van der Waals surface area contributed by atoms with Crippen molar-refractivity contribution in [1.82, 2.24) is 4.98 Å². The van der Waals surface area contributed by atoms with E-state index in [4.69, 9.17) is 16.1 Å². The van der Waals surface area contributed by atoms with Crippen LogP contribution in [-0.2, 0) is 9.36 Å². The SMILES string of the molecule is C#CC(C(O)CC(=O)Oc1c(-c2ccc(F)cc2)cc(C)nc1C(C)C)[P+](=O)O. The van der Waals surface area contributed by atoms with Gasteiger partial charge in [-0.05, 0) is 47.1 Å². The number of aromatic nitrogens is 1. The Bertz CT molecular complexity index is 953. The molecule has 0 saturated heterocycles. The number of carbonyl (C=O) groups excluding carboxylic acids is 1. The van der Waals surface area contributed by atoms with Gasteiger partial charge in [-0.1, -0.05) is 26.0 Å². The maximum atomic E-state index is 13.3. The van der Waals surface area contributed by atoms with Gasteiger partial charge in [0, 0.05) is 11.3 Å². The fraction of sp³-hybridized carbons (Fsp3) is 0.333. The number of hydrogen-bond donors (Lipinski definition) is 2. The third-order valence-corrected chi connectivity index (χ3v) is 5.16. The summed E-state index contributed by atoms with van der Waals surface area (Å²) in [4.78, 5) is 26.1. The molecule has 8 heteroatoms. The lowest BCUT2D eigenvalue weighted by atomic mass is 9.99. The standard InChI is InChI=1S/C21H21FNO5P/c1-5-18(29(26)27)17(24)11-19(25)28-21-16(14-6-8-15(22)9-7-14)10-13(4)23-20(21)12(2)3/h1,6-10,12,17-18,24H,11H2,2-4H3/p+1. The Morgan fingerprint density at radius 2 is 1.97 bits per heavy atom. The van der Waals surface area contributed by atoms with Crippen LogP contribution in [0.1, 0.15) is 37.6 Å². The molecule has 0 bridgehead atoms. The van der Waals surface area contributed by atoms with E-state index in [0.717, 1.165) is 0 Å². The number of halogens is 1. The third kappa shape index (κ3) is 5.68. The number of aryl methyl sites for hydroxylation is 1. The van der Waals surface area contributed by atoms with Gasteiger partial charge in [0.15, 0.2) is 5.75 Å². The van der Waals surface area contributed by atoms with Gasteiger partial charge in [0.2, 0.25) is 0 Å². The highest BCUT2D eigenvalue weighted by atomic mass is 31.1. The van der Waals surface area contributed by atoms with Gasteiger partial charge in [-0.25, -0.2) is 4.39 Å². The number of hydrogen-bond acceptors (Lipinski definition) is 5. The van der Waals surface area contributed by atoms with Crippen LogP contribution in [0.3, 0.4) is 0 Å². The van der Waals surface area contributed by atoms with E-state index in [0.29, 0.717) is 22.5 Å². The Balaban J connectivity index is 2.42. The summed E-state index contributed by atoms with van der Waals surface area (Å²) >= 11 is 0. The van der Waals surface area contributed by atoms with Crippen molar-refractivity contribution in [3.63, 3.8) is 0 Å². The van der Waals surface area contributed by atoms with E-state index < -0.39 is 38.0 Å². The van der Waals surface area contributed by atoms with E-state index in [-0.39, 0.29) is 11.7 Å². The molecule has 0 spiro atoms. The molecule has 0 radical (unpaired) electrons. The second kappa shape index (κ2) is 9.71. The molecule has 6 nitrogen and oxygen atoms in total. The Morgan fingerprint density at radius 3 is 2.48 bits per heavy atom. The molecule has 2 aromatic rings. The van der Waals surface area contributed by atoms with Gasteiger partial charge in [-0.15, -0.1) is 6.42 Å². The molecule has 0 amide bonds. The summed E-state index contributed by atoms with van der Waals surface area (Å²) in [6.07, 6.45) is 3.05. The van der Waals surface area contributed by atoms with Gasteiger partial charge in [0.05, 0.1) is 12.1 Å². The molecule has 29 heavy (non-hydrogen) atoms. The largest absolute Gasteiger partial charge is 0.524 e. The number of benzene rings is 1. The van der Waals surface area contributed by atoms with E-state index in [2.05, 4.69) is 4.98 Å². The fourth-order valence-electron chi connectivity index (χ4n) is 2.79. The van der Waals surface area contributed by atoms with E-state index >= 15 is 0 Å². The summed E-state index contributed by atoms with van der Waals surface area (Å²) in [5.74, 6) is 0.887. The zero-order valence-electron chi connectivity index (χ0n) is 16.3. The highest BCUT2D eigenvalue weighted by Gasteiger charge is 2.36. The highest BCUT2D eigenvalue weighted by molar-refractivity contribution is 7.39. The molecule has 0 saturated carbocycles. The van der Waals surface area contributed by atoms with Crippen LogP contribution >= 0.6 is 8.03 Å². The smallest absolute Gasteiger partial charge is 0.424 e. The maximum absolute atomic E-state index is 13.3. The Hall–Kier alpha value is -2.65. The number of carbonyl (C=O) groups is 1. The zero-order chi connectivity index (χ0) is 21.7. The van der Waals surface area contributed by atoms with Crippen LogP contribution < -0.4 is 4.74 Å². The van der Waals surface area contributed by atoms with Crippen molar-refractivity contribution in [1.29, 1.82) is 0 Å². The minimum Gasteiger partial charge on any atom is -0.424 e. The van der Waals surface area contributed by atoms with E-state index in [1.807, 2.05) is 19.8 Å². The zero-order valence-corrected chi connectivity index (χ0v) is 17.2. The van der Waals surface area contributed by atoms with E-state index in [1.165, 1.54) is 12.1 Å². The molecule has 0 aliphatic carbocycles.